The molecule has 0 spiro atoms. The molecular formula is C8H8INO3. The number of nitro benzene ring substituents is 1. The van der Waals surface area contributed by atoms with Gasteiger partial charge >= 0.3 is 0 Å². The molecule has 4 nitrogen and oxygen atoms in total. The summed E-state index contributed by atoms with van der Waals surface area (Å²) in [5, 5.41) is 19.8. The topological polar surface area (TPSA) is 63.4 Å². The van der Waals surface area contributed by atoms with Crippen LogP contribution in [0.4, 0.5) is 5.69 Å². The van der Waals surface area contributed by atoms with Crippen molar-refractivity contribution in [1.29, 1.82) is 0 Å². The van der Waals surface area contributed by atoms with Gasteiger partial charge in [0.15, 0.2) is 0 Å². The molecule has 0 aromatic heterocycles. The van der Waals surface area contributed by atoms with Gasteiger partial charge in [-0.05, 0) is 5.56 Å². The number of hydrogen-bond acceptors (Lipinski definition) is 3. The van der Waals surface area contributed by atoms with E-state index in [9.17, 15) is 15.2 Å². The molecule has 0 amide bonds. The minimum absolute atomic E-state index is 0.0152. The van der Waals surface area contributed by atoms with Crippen LogP contribution in [0.25, 0.3) is 0 Å². The summed E-state index contributed by atoms with van der Waals surface area (Å²) >= 11 is 2.03. The van der Waals surface area contributed by atoms with Gasteiger partial charge in [-0.15, -0.1) is 0 Å². The Bertz CT molecular complexity index is 316. The first-order chi connectivity index (χ1) is 6.15. The van der Waals surface area contributed by atoms with E-state index < -0.39 is 11.0 Å². The van der Waals surface area contributed by atoms with Crippen LogP contribution in [0.3, 0.4) is 0 Å². The Hall–Kier alpha value is -0.690. The Kier molecular flexibility index (Phi) is 3.61. The normalized spacial score (nSPS) is 12.5. The standard InChI is InChI=1S/C8H8INO3/c9-5-8(11)6-2-1-3-7(4-6)10(12)13/h1-4,8,11H,5H2/t8-/m0/s1. The van der Waals surface area contributed by atoms with Crippen LogP contribution >= 0.6 is 22.6 Å². The molecule has 5 heteroatoms. The van der Waals surface area contributed by atoms with Gasteiger partial charge in [0.1, 0.15) is 0 Å². The first kappa shape index (κ1) is 10.4. The van der Waals surface area contributed by atoms with Gasteiger partial charge in [0.25, 0.3) is 5.69 Å². The highest BCUT2D eigenvalue weighted by atomic mass is 127. The van der Waals surface area contributed by atoms with Gasteiger partial charge in [0.05, 0.1) is 11.0 Å². The van der Waals surface area contributed by atoms with Crippen molar-refractivity contribution in [2.75, 3.05) is 4.43 Å². The second-order valence-electron chi connectivity index (χ2n) is 2.52. The fourth-order valence-corrected chi connectivity index (χ4v) is 1.44. The molecule has 1 rings (SSSR count). The lowest BCUT2D eigenvalue weighted by Crippen LogP contribution is -1.98. The first-order valence-corrected chi connectivity index (χ1v) is 5.16. The predicted octanol–water partition coefficient (Wildman–Crippen LogP) is 2.06. The van der Waals surface area contributed by atoms with Gasteiger partial charge in [0.2, 0.25) is 0 Å². The maximum Gasteiger partial charge on any atom is 0.269 e. The smallest absolute Gasteiger partial charge is 0.269 e. The average Bonchev–Trinajstić information content (AvgIpc) is 2.17. The summed E-state index contributed by atoms with van der Waals surface area (Å²) in [6, 6.07) is 6.05. The van der Waals surface area contributed by atoms with Crippen LogP contribution in [0.5, 0.6) is 0 Å². The summed E-state index contributed by atoms with van der Waals surface area (Å²) in [7, 11) is 0. The van der Waals surface area contributed by atoms with Crippen LogP contribution in [-0.4, -0.2) is 14.5 Å². The van der Waals surface area contributed by atoms with E-state index >= 15 is 0 Å². The highest BCUT2D eigenvalue weighted by Crippen LogP contribution is 2.20. The number of alkyl halides is 1. The molecule has 1 atom stereocenters. The summed E-state index contributed by atoms with van der Waals surface area (Å²) < 4.78 is 0.527. The van der Waals surface area contributed by atoms with Crippen molar-refractivity contribution in [3.63, 3.8) is 0 Å². The van der Waals surface area contributed by atoms with Crippen LogP contribution in [0.15, 0.2) is 24.3 Å². The minimum Gasteiger partial charge on any atom is -0.388 e. The van der Waals surface area contributed by atoms with E-state index in [4.69, 9.17) is 0 Å². The Labute approximate surface area is 88.9 Å². The lowest BCUT2D eigenvalue weighted by Gasteiger charge is -2.05. The Balaban J connectivity index is 2.98. The van der Waals surface area contributed by atoms with Gasteiger partial charge in [-0.2, -0.15) is 0 Å². The van der Waals surface area contributed by atoms with E-state index in [0.29, 0.717) is 9.99 Å². The number of rotatable bonds is 3. The van der Waals surface area contributed by atoms with Crippen molar-refractivity contribution in [3.05, 3.63) is 39.9 Å². The number of nitrogens with zero attached hydrogens (tertiary/aromatic N) is 1. The van der Waals surface area contributed by atoms with Crippen molar-refractivity contribution < 1.29 is 10.0 Å². The van der Waals surface area contributed by atoms with E-state index in [1.54, 1.807) is 12.1 Å². The third-order valence-corrected chi connectivity index (χ3v) is 2.45. The Morgan fingerprint density at radius 1 is 1.62 bits per heavy atom. The fourth-order valence-electron chi connectivity index (χ4n) is 0.935. The molecule has 0 bridgehead atoms. The largest absolute Gasteiger partial charge is 0.388 e. The maximum atomic E-state index is 10.4. The summed E-state index contributed by atoms with van der Waals surface area (Å²) in [6.45, 7) is 0. The number of hydrogen-bond donors (Lipinski definition) is 1. The molecule has 0 aliphatic carbocycles. The summed E-state index contributed by atoms with van der Waals surface area (Å²) in [6.07, 6.45) is -0.625. The van der Waals surface area contributed by atoms with Gasteiger partial charge in [-0.1, -0.05) is 34.7 Å². The molecule has 0 aliphatic rings. The highest BCUT2D eigenvalue weighted by Gasteiger charge is 2.10. The van der Waals surface area contributed by atoms with E-state index in [-0.39, 0.29) is 5.69 Å². The molecule has 0 saturated carbocycles. The molecule has 0 radical (unpaired) electrons. The Morgan fingerprint density at radius 2 is 2.31 bits per heavy atom. The molecule has 1 aromatic carbocycles. The third kappa shape index (κ3) is 2.63. The molecule has 0 unspecified atom stereocenters. The summed E-state index contributed by atoms with van der Waals surface area (Å²) in [5.41, 5.74) is 0.602. The van der Waals surface area contributed by atoms with Crippen molar-refractivity contribution >= 4 is 28.3 Å². The maximum absolute atomic E-state index is 10.4. The van der Waals surface area contributed by atoms with E-state index in [0.717, 1.165) is 0 Å². The monoisotopic (exact) mass is 293 g/mol. The van der Waals surface area contributed by atoms with Crippen molar-refractivity contribution in [1.82, 2.24) is 0 Å². The molecule has 0 saturated heterocycles. The zero-order chi connectivity index (χ0) is 9.84. The minimum atomic E-state index is -0.625. The van der Waals surface area contributed by atoms with Crippen LogP contribution < -0.4 is 0 Å². The molecule has 70 valence electrons. The van der Waals surface area contributed by atoms with Crippen LogP contribution in [-0.2, 0) is 0 Å². The lowest BCUT2D eigenvalue weighted by atomic mass is 10.1. The predicted molar refractivity (Wildman–Crippen MR) is 56.9 cm³/mol. The summed E-state index contributed by atoms with van der Waals surface area (Å²) in [5.74, 6) is 0. The van der Waals surface area contributed by atoms with Gasteiger partial charge in [-0.3, -0.25) is 10.1 Å². The number of benzene rings is 1. The number of nitro groups is 1. The zero-order valence-corrected chi connectivity index (χ0v) is 8.84. The molecule has 0 fully saturated rings. The SMILES string of the molecule is O=[N+]([O-])c1cccc([C@@H](O)CI)c1. The third-order valence-electron chi connectivity index (χ3n) is 1.61. The van der Waals surface area contributed by atoms with Crippen molar-refractivity contribution in [3.8, 4) is 0 Å². The molecule has 1 aromatic rings. The Morgan fingerprint density at radius 3 is 2.85 bits per heavy atom. The molecule has 1 N–H and O–H groups in total. The van der Waals surface area contributed by atoms with Gasteiger partial charge in [-0.25, -0.2) is 0 Å². The highest BCUT2D eigenvalue weighted by molar-refractivity contribution is 14.1. The molecule has 0 heterocycles. The van der Waals surface area contributed by atoms with Gasteiger partial charge < -0.3 is 5.11 Å². The number of halogens is 1. The van der Waals surface area contributed by atoms with Crippen LogP contribution in [0.1, 0.15) is 11.7 Å². The average molecular weight is 293 g/mol. The molecular weight excluding hydrogens is 285 g/mol. The quantitative estimate of drug-likeness (QED) is 0.401. The van der Waals surface area contributed by atoms with E-state index in [2.05, 4.69) is 0 Å². The fraction of sp³-hybridized carbons (Fsp3) is 0.250. The summed E-state index contributed by atoms with van der Waals surface area (Å²) in [4.78, 5) is 9.92. The molecule has 0 aliphatic heterocycles. The second kappa shape index (κ2) is 4.52. The number of non-ortho nitro benzene ring substituents is 1. The van der Waals surface area contributed by atoms with Crippen LogP contribution in [0, 0.1) is 10.1 Å². The van der Waals surface area contributed by atoms with Gasteiger partial charge in [0, 0.05) is 16.6 Å². The lowest BCUT2D eigenvalue weighted by molar-refractivity contribution is -0.385. The van der Waals surface area contributed by atoms with Crippen molar-refractivity contribution in [2.45, 2.75) is 6.10 Å². The first-order valence-electron chi connectivity index (χ1n) is 3.63. The van der Waals surface area contributed by atoms with E-state index in [1.807, 2.05) is 22.6 Å². The molecule has 13 heavy (non-hydrogen) atoms. The van der Waals surface area contributed by atoms with Crippen LogP contribution in [0.2, 0.25) is 0 Å². The van der Waals surface area contributed by atoms with E-state index in [1.165, 1.54) is 12.1 Å². The number of aliphatic hydroxyl groups excluding tert-OH is 1. The van der Waals surface area contributed by atoms with Crippen molar-refractivity contribution in [2.24, 2.45) is 0 Å². The second-order valence-corrected chi connectivity index (χ2v) is 3.40. The number of aliphatic hydroxyl groups is 1. The zero-order valence-electron chi connectivity index (χ0n) is 6.68.